The van der Waals surface area contributed by atoms with Gasteiger partial charge in [0.15, 0.2) is 0 Å². The molecule has 0 saturated heterocycles. The van der Waals surface area contributed by atoms with Crippen molar-refractivity contribution in [2.24, 2.45) is 23.7 Å². The van der Waals surface area contributed by atoms with E-state index in [1.165, 1.54) is 25.7 Å². The molecule has 0 heterocycles. The van der Waals surface area contributed by atoms with Gasteiger partial charge in [0.1, 0.15) is 0 Å². The van der Waals surface area contributed by atoms with Crippen molar-refractivity contribution >= 4 is 0 Å². The Morgan fingerprint density at radius 1 is 0.405 bits per heavy atom. The van der Waals surface area contributed by atoms with E-state index >= 15 is 0 Å². The molecule has 0 amide bonds. The standard InChI is InChI=1S/C30H57N3O4/c34-25-13-5-1-9-21(25)29(22-10-2-6-14-26(22)35)32-19-17-31-18-20-33-30(23-11-3-7-15-27(23)36)24-12-4-8-16-28(24)37/h21-37H,1-20H2. The summed E-state index contributed by atoms with van der Waals surface area (Å²) in [5, 5.41) is 54.1. The molecule has 7 nitrogen and oxygen atoms in total. The van der Waals surface area contributed by atoms with Crippen LogP contribution < -0.4 is 16.0 Å². The second kappa shape index (κ2) is 15.5. The van der Waals surface area contributed by atoms with Crippen LogP contribution in [0, 0.1) is 23.7 Å². The van der Waals surface area contributed by atoms with Gasteiger partial charge in [0.25, 0.3) is 0 Å². The third kappa shape index (κ3) is 8.36. The zero-order valence-corrected chi connectivity index (χ0v) is 23.2. The van der Waals surface area contributed by atoms with Gasteiger partial charge in [-0.2, -0.15) is 0 Å². The maximum Gasteiger partial charge on any atom is 0.0583 e. The van der Waals surface area contributed by atoms with Gasteiger partial charge in [0.2, 0.25) is 0 Å². The minimum Gasteiger partial charge on any atom is -0.393 e. The van der Waals surface area contributed by atoms with Gasteiger partial charge in [0.05, 0.1) is 24.4 Å². The highest BCUT2D eigenvalue weighted by Crippen LogP contribution is 2.37. The van der Waals surface area contributed by atoms with Gasteiger partial charge in [-0.15, -0.1) is 0 Å². The van der Waals surface area contributed by atoms with Crippen molar-refractivity contribution < 1.29 is 20.4 Å². The van der Waals surface area contributed by atoms with Crippen LogP contribution in [0.1, 0.15) is 103 Å². The SMILES string of the molecule is OC1CCCCC1C(NCCNCCNC(C1CCCCC1O)C1CCCCC1O)C1CCCCC1O. The molecule has 37 heavy (non-hydrogen) atoms. The zero-order valence-electron chi connectivity index (χ0n) is 23.2. The van der Waals surface area contributed by atoms with E-state index in [4.69, 9.17) is 0 Å². The molecule has 0 aliphatic heterocycles. The van der Waals surface area contributed by atoms with E-state index in [2.05, 4.69) is 16.0 Å². The Labute approximate surface area is 225 Å². The maximum absolute atomic E-state index is 10.8. The molecule has 0 bridgehead atoms. The van der Waals surface area contributed by atoms with Crippen LogP contribution in [0.25, 0.3) is 0 Å². The second-order valence-corrected chi connectivity index (χ2v) is 12.8. The van der Waals surface area contributed by atoms with E-state index in [0.29, 0.717) is 0 Å². The molecule has 0 spiro atoms. The fourth-order valence-corrected chi connectivity index (χ4v) is 8.26. The molecule has 4 rings (SSSR count). The highest BCUT2D eigenvalue weighted by atomic mass is 16.3. The van der Waals surface area contributed by atoms with Crippen molar-refractivity contribution in [2.75, 3.05) is 26.2 Å². The molecule has 7 N–H and O–H groups in total. The number of hydrogen-bond donors (Lipinski definition) is 7. The Hall–Kier alpha value is -0.280. The molecule has 8 unspecified atom stereocenters. The summed E-state index contributed by atoms with van der Waals surface area (Å²) in [6.07, 6.45) is 16.0. The van der Waals surface area contributed by atoms with Gasteiger partial charge in [0, 0.05) is 61.9 Å². The molecular formula is C30H57N3O4. The average molecular weight is 524 g/mol. The van der Waals surface area contributed by atoms with Crippen LogP contribution >= 0.6 is 0 Å². The fourth-order valence-electron chi connectivity index (χ4n) is 8.26. The predicted molar refractivity (Wildman–Crippen MR) is 148 cm³/mol. The van der Waals surface area contributed by atoms with E-state index in [1.807, 2.05) is 0 Å². The van der Waals surface area contributed by atoms with Gasteiger partial charge in [-0.1, -0.05) is 51.4 Å². The summed E-state index contributed by atoms with van der Waals surface area (Å²) in [7, 11) is 0. The summed E-state index contributed by atoms with van der Waals surface area (Å²) in [6, 6.07) is 0.381. The molecule has 8 atom stereocenters. The Morgan fingerprint density at radius 2 is 0.676 bits per heavy atom. The lowest BCUT2D eigenvalue weighted by Crippen LogP contribution is -2.54. The predicted octanol–water partition coefficient (Wildman–Crippen LogP) is 2.70. The number of aliphatic hydroxyl groups excluding tert-OH is 4. The minimum atomic E-state index is -0.250. The van der Waals surface area contributed by atoms with Gasteiger partial charge >= 0.3 is 0 Å². The van der Waals surface area contributed by atoms with Crippen molar-refractivity contribution in [3.05, 3.63) is 0 Å². The fraction of sp³-hybridized carbons (Fsp3) is 1.00. The van der Waals surface area contributed by atoms with Crippen LogP contribution in [0.5, 0.6) is 0 Å². The zero-order chi connectivity index (χ0) is 26.0. The number of aliphatic hydroxyl groups is 4. The van der Waals surface area contributed by atoms with E-state index in [0.717, 1.165) is 103 Å². The molecule has 7 heteroatoms. The molecular weight excluding hydrogens is 466 g/mol. The molecule has 4 aliphatic rings. The lowest BCUT2D eigenvalue weighted by molar-refractivity contribution is -0.0123. The van der Waals surface area contributed by atoms with Gasteiger partial charge < -0.3 is 36.4 Å². The number of nitrogens with one attached hydrogen (secondary N) is 3. The molecule has 0 radical (unpaired) electrons. The molecule has 0 aromatic heterocycles. The van der Waals surface area contributed by atoms with Crippen molar-refractivity contribution in [1.82, 2.24) is 16.0 Å². The van der Waals surface area contributed by atoms with Crippen molar-refractivity contribution in [3.8, 4) is 0 Å². The van der Waals surface area contributed by atoms with Crippen LogP contribution in [-0.2, 0) is 0 Å². The third-order valence-electron chi connectivity index (χ3n) is 10.3. The van der Waals surface area contributed by atoms with Gasteiger partial charge in [-0.3, -0.25) is 0 Å². The molecule has 216 valence electrons. The van der Waals surface area contributed by atoms with Crippen molar-refractivity contribution in [3.63, 3.8) is 0 Å². The van der Waals surface area contributed by atoms with Crippen molar-refractivity contribution in [2.45, 2.75) is 139 Å². The molecule has 4 aliphatic carbocycles. The number of hydrogen-bond acceptors (Lipinski definition) is 7. The molecule has 4 saturated carbocycles. The minimum absolute atomic E-state index is 0.190. The van der Waals surface area contributed by atoms with Crippen molar-refractivity contribution in [1.29, 1.82) is 0 Å². The molecule has 4 fully saturated rings. The topological polar surface area (TPSA) is 117 Å². The second-order valence-electron chi connectivity index (χ2n) is 12.8. The van der Waals surface area contributed by atoms with Crippen LogP contribution in [0.3, 0.4) is 0 Å². The first-order valence-electron chi connectivity index (χ1n) is 16.0. The van der Waals surface area contributed by atoms with E-state index in [-0.39, 0.29) is 60.2 Å². The highest BCUT2D eigenvalue weighted by Gasteiger charge is 2.40. The van der Waals surface area contributed by atoms with Gasteiger partial charge in [-0.25, -0.2) is 0 Å². The molecule has 0 aromatic carbocycles. The van der Waals surface area contributed by atoms with E-state index in [1.54, 1.807) is 0 Å². The summed E-state index contributed by atoms with van der Waals surface area (Å²) in [4.78, 5) is 0. The monoisotopic (exact) mass is 523 g/mol. The Kier molecular flexibility index (Phi) is 12.4. The summed E-state index contributed by atoms with van der Waals surface area (Å²) < 4.78 is 0. The largest absolute Gasteiger partial charge is 0.393 e. The van der Waals surface area contributed by atoms with Gasteiger partial charge in [-0.05, 0) is 51.4 Å². The van der Waals surface area contributed by atoms with E-state index < -0.39 is 0 Å². The first-order chi connectivity index (χ1) is 18.1. The van der Waals surface area contributed by atoms with Crippen LogP contribution in [-0.4, -0.2) is 83.1 Å². The van der Waals surface area contributed by atoms with Crippen LogP contribution in [0.2, 0.25) is 0 Å². The third-order valence-corrected chi connectivity index (χ3v) is 10.3. The van der Waals surface area contributed by atoms with Crippen LogP contribution in [0.15, 0.2) is 0 Å². The smallest absolute Gasteiger partial charge is 0.0583 e. The van der Waals surface area contributed by atoms with E-state index in [9.17, 15) is 20.4 Å². The summed E-state index contributed by atoms with van der Waals surface area (Å²) in [5.74, 6) is 0.992. The Balaban J connectivity index is 1.23. The Bertz CT molecular complexity index is 544. The normalized spacial score (nSPS) is 39.2. The lowest BCUT2D eigenvalue weighted by Gasteiger charge is -2.43. The Morgan fingerprint density at radius 3 is 0.946 bits per heavy atom. The summed E-state index contributed by atoms with van der Waals surface area (Å²) in [5.41, 5.74) is 0. The molecule has 0 aromatic rings. The quantitative estimate of drug-likeness (QED) is 0.197. The average Bonchev–Trinajstić information content (AvgIpc) is 2.90. The number of rotatable bonds is 12. The first-order valence-corrected chi connectivity index (χ1v) is 16.0. The van der Waals surface area contributed by atoms with Crippen LogP contribution in [0.4, 0.5) is 0 Å². The first kappa shape index (κ1) is 29.7. The highest BCUT2D eigenvalue weighted by molar-refractivity contribution is 4.95. The lowest BCUT2D eigenvalue weighted by atomic mass is 9.71. The summed E-state index contributed by atoms with van der Waals surface area (Å²) >= 11 is 0. The maximum atomic E-state index is 10.8. The summed E-state index contributed by atoms with van der Waals surface area (Å²) in [6.45, 7) is 3.38.